The first kappa shape index (κ1) is 93.1. The van der Waals surface area contributed by atoms with E-state index in [2.05, 4.69) is 41.5 Å². The third-order valence-corrected chi connectivity index (χ3v) is 19.6. The molecule has 0 saturated carbocycles. The van der Waals surface area contributed by atoms with Gasteiger partial charge in [0.05, 0.1) is 26.4 Å². The van der Waals surface area contributed by atoms with Crippen LogP contribution in [0.2, 0.25) is 0 Å². The molecule has 0 aromatic heterocycles. The summed E-state index contributed by atoms with van der Waals surface area (Å²) in [6, 6.07) is 0. The van der Waals surface area contributed by atoms with E-state index in [0.29, 0.717) is 25.7 Å². The van der Waals surface area contributed by atoms with Crippen molar-refractivity contribution in [2.24, 2.45) is 11.8 Å². The molecule has 0 aliphatic carbocycles. The molecule has 0 bridgehead atoms. The summed E-state index contributed by atoms with van der Waals surface area (Å²) < 4.78 is 68.5. The lowest BCUT2D eigenvalue weighted by Gasteiger charge is -2.21. The van der Waals surface area contributed by atoms with Crippen LogP contribution < -0.4 is 0 Å². The Morgan fingerprint density at radius 3 is 0.716 bits per heavy atom. The van der Waals surface area contributed by atoms with Gasteiger partial charge in [0.2, 0.25) is 0 Å². The highest BCUT2D eigenvalue weighted by atomic mass is 31.2. The van der Waals surface area contributed by atoms with E-state index in [4.69, 9.17) is 37.0 Å². The molecule has 0 heterocycles. The minimum atomic E-state index is -4.96. The summed E-state index contributed by atoms with van der Waals surface area (Å²) in [6.45, 7) is 9.55. The molecular formula is C76H148O17P2. The highest BCUT2D eigenvalue weighted by molar-refractivity contribution is 7.47. The number of ether oxygens (including phenoxy) is 4. The van der Waals surface area contributed by atoms with Crippen molar-refractivity contribution < 1.29 is 80.2 Å². The number of rotatable bonds is 75. The van der Waals surface area contributed by atoms with E-state index in [1.54, 1.807) is 0 Å². The summed E-state index contributed by atoms with van der Waals surface area (Å²) in [4.78, 5) is 72.8. The zero-order valence-corrected chi connectivity index (χ0v) is 63.8. The maximum atomic E-state index is 13.1. The lowest BCUT2D eigenvalue weighted by Crippen LogP contribution is -2.30. The molecule has 3 N–H and O–H groups in total. The van der Waals surface area contributed by atoms with Crippen molar-refractivity contribution in [1.29, 1.82) is 0 Å². The van der Waals surface area contributed by atoms with Crippen molar-refractivity contribution in [2.45, 2.75) is 413 Å². The van der Waals surface area contributed by atoms with E-state index in [1.165, 1.54) is 212 Å². The molecule has 19 heteroatoms. The second-order valence-corrected chi connectivity index (χ2v) is 31.3. The maximum absolute atomic E-state index is 13.1. The number of unbranched alkanes of at least 4 members (excludes halogenated alkanes) is 45. The molecule has 564 valence electrons. The summed E-state index contributed by atoms with van der Waals surface area (Å²) in [5, 5.41) is 10.6. The number of aliphatic hydroxyl groups is 1. The lowest BCUT2D eigenvalue weighted by molar-refractivity contribution is -0.161. The van der Waals surface area contributed by atoms with Gasteiger partial charge in [0.25, 0.3) is 0 Å². The summed E-state index contributed by atoms with van der Waals surface area (Å²) in [7, 11) is -9.91. The van der Waals surface area contributed by atoms with Gasteiger partial charge in [-0.05, 0) is 37.5 Å². The monoisotopic (exact) mass is 1400 g/mol. The Morgan fingerprint density at radius 2 is 0.484 bits per heavy atom. The molecule has 95 heavy (non-hydrogen) atoms. The van der Waals surface area contributed by atoms with Crippen molar-refractivity contribution in [3.05, 3.63) is 0 Å². The van der Waals surface area contributed by atoms with Gasteiger partial charge in [0.1, 0.15) is 19.3 Å². The molecule has 5 atom stereocenters. The van der Waals surface area contributed by atoms with Gasteiger partial charge >= 0.3 is 39.5 Å². The normalized spacial score (nSPS) is 14.0. The molecule has 0 aliphatic heterocycles. The Kier molecular flexibility index (Phi) is 66.5. The van der Waals surface area contributed by atoms with Crippen LogP contribution in [-0.2, 0) is 65.4 Å². The highest BCUT2D eigenvalue weighted by Crippen LogP contribution is 2.45. The minimum Gasteiger partial charge on any atom is -0.462 e. The summed E-state index contributed by atoms with van der Waals surface area (Å²) in [5.74, 6) is -0.629. The number of carbonyl (C=O) groups is 4. The number of hydrogen-bond acceptors (Lipinski definition) is 15. The second-order valence-electron chi connectivity index (χ2n) is 28.3. The van der Waals surface area contributed by atoms with Crippen molar-refractivity contribution in [3.8, 4) is 0 Å². The van der Waals surface area contributed by atoms with Crippen LogP contribution in [0.3, 0.4) is 0 Å². The van der Waals surface area contributed by atoms with Crippen LogP contribution >= 0.6 is 15.6 Å². The molecule has 0 amide bonds. The van der Waals surface area contributed by atoms with E-state index < -0.39 is 97.5 Å². The average Bonchev–Trinajstić information content (AvgIpc) is 2.13. The third-order valence-electron chi connectivity index (χ3n) is 17.7. The molecule has 2 unspecified atom stereocenters. The molecule has 0 fully saturated rings. The van der Waals surface area contributed by atoms with Crippen LogP contribution in [0.25, 0.3) is 0 Å². The van der Waals surface area contributed by atoms with Crippen molar-refractivity contribution >= 4 is 39.5 Å². The van der Waals surface area contributed by atoms with Gasteiger partial charge in [-0.3, -0.25) is 37.3 Å². The maximum Gasteiger partial charge on any atom is 0.472 e. The molecule has 0 aromatic carbocycles. The number of hydrogen-bond donors (Lipinski definition) is 3. The Labute approximate surface area is 581 Å². The number of phosphoric ester groups is 2. The fraction of sp³-hybridized carbons (Fsp3) is 0.947. The third kappa shape index (κ3) is 70.3. The molecule has 17 nitrogen and oxygen atoms in total. The fourth-order valence-electron chi connectivity index (χ4n) is 11.7. The van der Waals surface area contributed by atoms with Gasteiger partial charge < -0.3 is 33.8 Å². The molecule has 0 aliphatic rings. The number of esters is 4. The van der Waals surface area contributed by atoms with E-state index in [1.807, 2.05) is 0 Å². The predicted octanol–water partition coefficient (Wildman–Crippen LogP) is 22.3. The van der Waals surface area contributed by atoms with Crippen LogP contribution in [0.5, 0.6) is 0 Å². The van der Waals surface area contributed by atoms with Gasteiger partial charge in [-0.1, -0.05) is 343 Å². The first-order valence-corrected chi connectivity index (χ1v) is 42.5. The van der Waals surface area contributed by atoms with Crippen LogP contribution in [0.1, 0.15) is 395 Å². The molecule has 0 radical (unpaired) electrons. The highest BCUT2D eigenvalue weighted by Gasteiger charge is 2.30. The quantitative estimate of drug-likeness (QED) is 0.0222. The molecular weight excluding hydrogens is 1250 g/mol. The molecule has 0 rings (SSSR count). The summed E-state index contributed by atoms with van der Waals surface area (Å²) in [5.41, 5.74) is 0. The van der Waals surface area contributed by atoms with Gasteiger partial charge in [0.15, 0.2) is 12.2 Å². The Hall–Kier alpha value is -1.94. The smallest absolute Gasteiger partial charge is 0.462 e. The SMILES string of the molecule is CCCCCCCCCCCCCCCCCCCCCCC(=O)O[C@H](COC(=O)CCCCCCCCCCCCCC(C)C)COP(=O)(O)OC[C@@H](O)COP(=O)(O)OC[C@@H](COC(=O)CCCCCCCCCCCC)OC(=O)CCCCCCCCCCC(C)C. The zero-order chi connectivity index (χ0) is 70.0. The van der Waals surface area contributed by atoms with E-state index in [9.17, 15) is 43.2 Å². The van der Waals surface area contributed by atoms with Crippen LogP contribution in [0, 0.1) is 11.8 Å². The number of aliphatic hydroxyl groups excluding tert-OH is 1. The van der Waals surface area contributed by atoms with Crippen molar-refractivity contribution in [1.82, 2.24) is 0 Å². The van der Waals surface area contributed by atoms with E-state index in [-0.39, 0.29) is 25.7 Å². The topological polar surface area (TPSA) is 237 Å². The Morgan fingerprint density at radius 1 is 0.284 bits per heavy atom. The summed E-state index contributed by atoms with van der Waals surface area (Å²) >= 11 is 0. The molecule has 0 saturated heterocycles. The zero-order valence-electron chi connectivity index (χ0n) is 62.0. The lowest BCUT2D eigenvalue weighted by atomic mass is 10.0. The van der Waals surface area contributed by atoms with Crippen molar-refractivity contribution in [3.63, 3.8) is 0 Å². The van der Waals surface area contributed by atoms with Gasteiger partial charge in [-0.2, -0.15) is 0 Å². The molecule has 0 aromatic rings. The van der Waals surface area contributed by atoms with E-state index in [0.717, 1.165) is 102 Å². The predicted molar refractivity (Wildman–Crippen MR) is 386 cm³/mol. The first-order chi connectivity index (χ1) is 45.9. The first-order valence-electron chi connectivity index (χ1n) is 39.5. The van der Waals surface area contributed by atoms with Gasteiger partial charge in [-0.25, -0.2) is 9.13 Å². The van der Waals surface area contributed by atoms with Crippen LogP contribution in [0.4, 0.5) is 0 Å². The van der Waals surface area contributed by atoms with Crippen LogP contribution in [0.15, 0.2) is 0 Å². The fourth-order valence-corrected chi connectivity index (χ4v) is 13.2. The Bertz CT molecular complexity index is 1840. The molecule has 0 spiro atoms. The second kappa shape index (κ2) is 67.9. The number of carbonyl (C=O) groups excluding carboxylic acids is 4. The van der Waals surface area contributed by atoms with Gasteiger partial charge in [-0.15, -0.1) is 0 Å². The standard InChI is InChI=1S/C76H148O17P2/c1-7-9-11-13-15-17-19-20-21-22-23-24-25-26-27-30-35-42-48-54-60-75(80)92-71(64-87-74(79)59-53-47-41-34-31-28-29-32-38-44-50-56-68(3)4)66-90-94(82,83)88-62-70(77)63-89-95(84,85)91-67-72(65-86-73(78)58-52-46-40-33-18-16-14-12-10-8-2)93-76(81)61-55-49-43-37-36-39-45-51-57-69(5)6/h68-72,77H,7-67H2,1-6H3,(H,82,83)(H,84,85)/t70-,71-,72-/m1/s1. The summed E-state index contributed by atoms with van der Waals surface area (Å²) in [6.07, 6.45) is 55.6. The largest absolute Gasteiger partial charge is 0.472 e. The van der Waals surface area contributed by atoms with E-state index >= 15 is 0 Å². The van der Waals surface area contributed by atoms with Crippen molar-refractivity contribution in [2.75, 3.05) is 39.6 Å². The average molecular weight is 1400 g/mol. The number of phosphoric acid groups is 2. The van der Waals surface area contributed by atoms with Crippen LogP contribution in [-0.4, -0.2) is 96.7 Å². The Balaban J connectivity index is 5.21. The minimum absolute atomic E-state index is 0.105. The van der Waals surface area contributed by atoms with Gasteiger partial charge in [0, 0.05) is 25.7 Å².